The molecule has 0 aliphatic heterocycles. The van der Waals surface area contributed by atoms with Gasteiger partial charge in [-0.1, -0.05) is 32.1 Å². The van der Waals surface area contributed by atoms with Crippen LogP contribution >= 0.6 is 0 Å². The predicted molar refractivity (Wildman–Crippen MR) is 50.7 cm³/mol. The second-order valence-electron chi connectivity index (χ2n) is 3.70. The fourth-order valence-electron chi connectivity index (χ4n) is 1.87. The van der Waals surface area contributed by atoms with Gasteiger partial charge < -0.3 is 0 Å². The van der Waals surface area contributed by atoms with Crippen molar-refractivity contribution in [3.8, 4) is 0 Å². The largest absolute Gasteiger partial charge is 0.125 e. The van der Waals surface area contributed by atoms with Crippen molar-refractivity contribution >= 4 is 7.85 Å². The minimum atomic E-state index is 0.857. The van der Waals surface area contributed by atoms with Crippen LogP contribution in [0.15, 0.2) is 12.1 Å². The van der Waals surface area contributed by atoms with Gasteiger partial charge in [-0.3, -0.25) is 0 Å². The number of hydrogen-bond donors (Lipinski definition) is 0. The van der Waals surface area contributed by atoms with Gasteiger partial charge >= 0.3 is 0 Å². The Labute approximate surface area is 71.5 Å². The van der Waals surface area contributed by atoms with Crippen LogP contribution in [0.5, 0.6) is 0 Å². The highest BCUT2D eigenvalue weighted by molar-refractivity contribution is 6.21. The van der Waals surface area contributed by atoms with E-state index in [2.05, 4.69) is 6.58 Å². The van der Waals surface area contributed by atoms with Crippen molar-refractivity contribution in [2.24, 2.45) is 5.92 Å². The third-order valence-corrected chi connectivity index (χ3v) is 2.60. The first-order chi connectivity index (χ1) is 5.29. The van der Waals surface area contributed by atoms with Gasteiger partial charge in [-0.15, -0.1) is 12.1 Å². The first kappa shape index (κ1) is 8.90. The molecule has 1 aliphatic rings. The fraction of sp³-hybridized carbons (Fsp3) is 0.800. The van der Waals surface area contributed by atoms with Gasteiger partial charge in [0.05, 0.1) is 0 Å². The van der Waals surface area contributed by atoms with Crippen molar-refractivity contribution in [1.82, 2.24) is 0 Å². The standard InChI is InChI=1S/C10H17B/c1-9(11)7-8-10-5-3-2-4-6-10/h10H,1-8H2. The number of rotatable bonds is 3. The van der Waals surface area contributed by atoms with Crippen LogP contribution in [0.25, 0.3) is 0 Å². The zero-order valence-electron chi connectivity index (χ0n) is 7.31. The van der Waals surface area contributed by atoms with Crippen LogP contribution in [0.1, 0.15) is 44.9 Å². The van der Waals surface area contributed by atoms with Gasteiger partial charge in [-0.2, -0.15) is 0 Å². The second-order valence-corrected chi connectivity index (χ2v) is 3.70. The Morgan fingerprint density at radius 3 is 2.45 bits per heavy atom. The summed E-state index contributed by atoms with van der Waals surface area (Å²) in [6, 6.07) is 0. The molecule has 0 saturated heterocycles. The molecule has 0 bridgehead atoms. The number of allylic oxidation sites excluding steroid dienone is 1. The summed E-state index contributed by atoms with van der Waals surface area (Å²) in [6.45, 7) is 3.72. The molecule has 0 aromatic carbocycles. The zero-order chi connectivity index (χ0) is 8.10. The summed E-state index contributed by atoms with van der Waals surface area (Å²) >= 11 is 0. The molecule has 0 amide bonds. The normalized spacial score (nSPS) is 20.0. The van der Waals surface area contributed by atoms with Crippen molar-refractivity contribution in [1.29, 1.82) is 0 Å². The smallest absolute Gasteiger partial charge is 0.106 e. The Balaban J connectivity index is 2.09. The molecule has 1 heteroatoms. The lowest BCUT2D eigenvalue weighted by molar-refractivity contribution is 0.340. The lowest BCUT2D eigenvalue weighted by Crippen LogP contribution is -2.06. The first-order valence-electron chi connectivity index (χ1n) is 4.72. The van der Waals surface area contributed by atoms with Crippen molar-refractivity contribution < 1.29 is 0 Å². The van der Waals surface area contributed by atoms with E-state index >= 15 is 0 Å². The maximum atomic E-state index is 5.52. The molecule has 0 aromatic heterocycles. The van der Waals surface area contributed by atoms with Gasteiger partial charge in [0, 0.05) is 0 Å². The van der Waals surface area contributed by atoms with Crippen LogP contribution in [0.4, 0.5) is 0 Å². The van der Waals surface area contributed by atoms with Gasteiger partial charge in [0.25, 0.3) is 0 Å². The molecule has 0 N–H and O–H groups in total. The summed E-state index contributed by atoms with van der Waals surface area (Å²) in [4.78, 5) is 0. The molecule has 2 radical (unpaired) electrons. The van der Waals surface area contributed by atoms with Crippen LogP contribution in [0, 0.1) is 5.92 Å². The average Bonchev–Trinajstić information content (AvgIpc) is 2.03. The van der Waals surface area contributed by atoms with E-state index in [0.29, 0.717) is 0 Å². The molecule has 0 atom stereocenters. The minimum Gasteiger partial charge on any atom is -0.125 e. The molecule has 60 valence electrons. The Kier molecular flexibility index (Phi) is 3.75. The molecule has 1 fully saturated rings. The van der Waals surface area contributed by atoms with Crippen LogP contribution in [0.3, 0.4) is 0 Å². The van der Waals surface area contributed by atoms with E-state index in [0.717, 1.165) is 17.8 Å². The van der Waals surface area contributed by atoms with Gasteiger partial charge in [-0.25, -0.2) is 0 Å². The molecular weight excluding hydrogens is 131 g/mol. The third kappa shape index (κ3) is 3.64. The van der Waals surface area contributed by atoms with Crippen molar-refractivity contribution in [3.05, 3.63) is 12.1 Å². The molecular formula is C10H17B. The maximum absolute atomic E-state index is 5.52. The van der Waals surface area contributed by atoms with Crippen molar-refractivity contribution in [3.63, 3.8) is 0 Å². The predicted octanol–water partition coefficient (Wildman–Crippen LogP) is 3.03. The minimum absolute atomic E-state index is 0.857. The molecule has 0 heterocycles. The van der Waals surface area contributed by atoms with Crippen LogP contribution < -0.4 is 0 Å². The van der Waals surface area contributed by atoms with Gasteiger partial charge in [0.15, 0.2) is 0 Å². The molecule has 0 unspecified atom stereocenters. The molecule has 1 aliphatic carbocycles. The lowest BCUT2D eigenvalue weighted by Gasteiger charge is -2.21. The van der Waals surface area contributed by atoms with E-state index in [9.17, 15) is 0 Å². The lowest BCUT2D eigenvalue weighted by atomic mass is 9.82. The second kappa shape index (κ2) is 4.64. The first-order valence-corrected chi connectivity index (χ1v) is 4.72. The van der Waals surface area contributed by atoms with Crippen LogP contribution in [0.2, 0.25) is 0 Å². The SMILES string of the molecule is [B]C(=C)CCC1CCCCC1. The van der Waals surface area contributed by atoms with Crippen molar-refractivity contribution in [2.45, 2.75) is 44.9 Å². The monoisotopic (exact) mass is 148 g/mol. The Morgan fingerprint density at radius 2 is 1.91 bits per heavy atom. The van der Waals surface area contributed by atoms with Gasteiger partial charge in [-0.05, 0) is 18.8 Å². The van der Waals surface area contributed by atoms with Crippen LogP contribution in [-0.4, -0.2) is 7.85 Å². The van der Waals surface area contributed by atoms with E-state index in [4.69, 9.17) is 7.85 Å². The summed E-state index contributed by atoms with van der Waals surface area (Å²) in [7, 11) is 5.52. The Morgan fingerprint density at radius 1 is 1.27 bits per heavy atom. The average molecular weight is 148 g/mol. The van der Waals surface area contributed by atoms with E-state index in [1.807, 2.05) is 0 Å². The van der Waals surface area contributed by atoms with E-state index in [-0.39, 0.29) is 0 Å². The fourth-order valence-corrected chi connectivity index (χ4v) is 1.87. The Hall–Kier alpha value is -0.195. The molecule has 0 aromatic rings. The molecule has 0 spiro atoms. The van der Waals surface area contributed by atoms with Crippen LogP contribution in [-0.2, 0) is 0 Å². The van der Waals surface area contributed by atoms with Gasteiger partial charge in [0.2, 0.25) is 0 Å². The molecule has 1 saturated carbocycles. The van der Waals surface area contributed by atoms with E-state index < -0.39 is 0 Å². The molecule has 0 nitrogen and oxygen atoms in total. The third-order valence-electron chi connectivity index (χ3n) is 2.60. The maximum Gasteiger partial charge on any atom is 0.106 e. The van der Waals surface area contributed by atoms with E-state index in [1.165, 1.54) is 38.5 Å². The molecule has 11 heavy (non-hydrogen) atoms. The summed E-state index contributed by atoms with van der Waals surface area (Å²) in [5.41, 5.74) is 0.857. The van der Waals surface area contributed by atoms with Crippen molar-refractivity contribution in [2.75, 3.05) is 0 Å². The summed E-state index contributed by atoms with van der Waals surface area (Å²) in [5.74, 6) is 0.948. The highest BCUT2D eigenvalue weighted by Crippen LogP contribution is 2.27. The quantitative estimate of drug-likeness (QED) is 0.539. The topological polar surface area (TPSA) is 0 Å². The summed E-state index contributed by atoms with van der Waals surface area (Å²) in [6.07, 6.45) is 9.46. The Bertz CT molecular complexity index is 123. The summed E-state index contributed by atoms with van der Waals surface area (Å²) in [5, 5.41) is 0. The zero-order valence-corrected chi connectivity index (χ0v) is 7.31. The summed E-state index contributed by atoms with van der Waals surface area (Å²) < 4.78 is 0. The number of hydrogen-bond acceptors (Lipinski definition) is 0. The van der Waals surface area contributed by atoms with E-state index in [1.54, 1.807) is 0 Å². The van der Waals surface area contributed by atoms with Gasteiger partial charge in [0.1, 0.15) is 7.85 Å². The highest BCUT2D eigenvalue weighted by atomic mass is 14.2. The molecule has 1 rings (SSSR count). The highest BCUT2D eigenvalue weighted by Gasteiger charge is 2.12.